The van der Waals surface area contributed by atoms with E-state index in [-0.39, 0.29) is 11.5 Å². The van der Waals surface area contributed by atoms with E-state index in [1.165, 1.54) is 6.08 Å². The highest BCUT2D eigenvalue weighted by atomic mass is 35.5. The minimum Gasteiger partial charge on any atom is -0.507 e. The number of carbonyl (C=O) groups excluding carboxylic acids is 1. The van der Waals surface area contributed by atoms with E-state index in [0.717, 1.165) is 6.42 Å². The van der Waals surface area contributed by atoms with E-state index in [9.17, 15) is 9.90 Å². The average Bonchev–Trinajstić information content (AvgIpc) is 2.18. The largest absolute Gasteiger partial charge is 0.507 e. The Morgan fingerprint density at radius 3 is 2.53 bits per heavy atom. The van der Waals surface area contributed by atoms with Gasteiger partial charge in [0.05, 0.1) is 0 Å². The smallest absolute Gasteiger partial charge is 0.159 e. The predicted molar refractivity (Wildman–Crippen MR) is 62.0 cm³/mol. The molecule has 0 aromatic heterocycles. The first-order valence-electron chi connectivity index (χ1n) is 4.83. The maximum absolute atomic E-state index is 11.2. The monoisotopic (exact) mass is 224 g/mol. The zero-order valence-electron chi connectivity index (χ0n) is 8.53. The third kappa shape index (κ3) is 3.76. The van der Waals surface area contributed by atoms with E-state index in [0.29, 0.717) is 17.0 Å². The molecule has 1 aromatic rings. The molecule has 0 saturated carbocycles. The number of halogens is 1. The summed E-state index contributed by atoms with van der Waals surface area (Å²) in [7, 11) is 0. The summed E-state index contributed by atoms with van der Waals surface area (Å²) >= 11 is 5.70. The van der Waals surface area contributed by atoms with Gasteiger partial charge in [-0.1, -0.05) is 18.5 Å². The number of ketones is 1. The lowest BCUT2D eigenvalue weighted by Gasteiger charge is -1.99. The van der Waals surface area contributed by atoms with Crippen molar-refractivity contribution >= 4 is 23.1 Å². The standard InChI is InChI=1S/C12H13ClO2/c1-2-3-11(14)8-12(15)9-4-6-10(13)7-5-9/h4-8,15H,2-3H2,1H3. The number of allylic oxidation sites excluding steroid dienone is 1. The van der Waals surface area contributed by atoms with E-state index in [2.05, 4.69) is 0 Å². The van der Waals surface area contributed by atoms with Crippen LogP contribution in [0.2, 0.25) is 5.02 Å². The van der Waals surface area contributed by atoms with Gasteiger partial charge in [-0.3, -0.25) is 4.79 Å². The van der Waals surface area contributed by atoms with Crippen molar-refractivity contribution < 1.29 is 9.90 Å². The lowest BCUT2D eigenvalue weighted by molar-refractivity contribution is -0.114. The number of benzene rings is 1. The summed E-state index contributed by atoms with van der Waals surface area (Å²) in [6.45, 7) is 1.92. The van der Waals surface area contributed by atoms with Crippen molar-refractivity contribution in [3.8, 4) is 0 Å². The third-order valence-electron chi connectivity index (χ3n) is 1.93. The van der Waals surface area contributed by atoms with Crippen molar-refractivity contribution in [2.75, 3.05) is 0 Å². The summed E-state index contributed by atoms with van der Waals surface area (Å²) in [4.78, 5) is 11.2. The van der Waals surface area contributed by atoms with Gasteiger partial charge < -0.3 is 5.11 Å². The number of aliphatic hydroxyl groups excluding tert-OH is 1. The van der Waals surface area contributed by atoms with E-state index >= 15 is 0 Å². The van der Waals surface area contributed by atoms with Crippen LogP contribution < -0.4 is 0 Å². The SMILES string of the molecule is CCCC(=O)C=C(O)c1ccc(Cl)cc1. The van der Waals surface area contributed by atoms with E-state index < -0.39 is 0 Å². The molecule has 0 unspecified atom stereocenters. The molecule has 80 valence electrons. The molecule has 0 bridgehead atoms. The Labute approximate surface area is 94.2 Å². The summed E-state index contributed by atoms with van der Waals surface area (Å²) in [5, 5.41) is 10.2. The maximum Gasteiger partial charge on any atom is 0.159 e. The summed E-state index contributed by atoms with van der Waals surface area (Å²) < 4.78 is 0. The highest BCUT2D eigenvalue weighted by molar-refractivity contribution is 6.30. The molecular weight excluding hydrogens is 212 g/mol. The van der Waals surface area contributed by atoms with Crippen LogP contribution in [-0.2, 0) is 4.79 Å². The minimum atomic E-state index is -0.0649. The summed E-state index contributed by atoms with van der Waals surface area (Å²) in [6, 6.07) is 6.69. The van der Waals surface area contributed by atoms with Gasteiger partial charge in [0, 0.05) is 23.1 Å². The number of rotatable bonds is 4. The molecule has 0 fully saturated rings. The molecule has 1 aromatic carbocycles. The van der Waals surface area contributed by atoms with Crippen molar-refractivity contribution in [3.63, 3.8) is 0 Å². The summed E-state index contributed by atoms with van der Waals surface area (Å²) in [5.74, 6) is -0.0740. The summed E-state index contributed by atoms with van der Waals surface area (Å²) in [5.41, 5.74) is 0.601. The fourth-order valence-electron chi connectivity index (χ4n) is 1.18. The Balaban J connectivity index is 2.79. The molecule has 15 heavy (non-hydrogen) atoms. The third-order valence-corrected chi connectivity index (χ3v) is 2.19. The van der Waals surface area contributed by atoms with Crippen LogP contribution in [-0.4, -0.2) is 10.9 Å². The van der Waals surface area contributed by atoms with Gasteiger partial charge in [0.1, 0.15) is 5.76 Å². The van der Waals surface area contributed by atoms with Gasteiger partial charge in [-0.2, -0.15) is 0 Å². The van der Waals surface area contributed by atoms with E-state index in [1.54, 1.807) is 24.3 Å². The maximum atomic E-state index is 11.2. The first-order valence-corrected chi connectivity index (χ1v) is 5.20. The first kappa shape index (κ1) is 11.8. The number of carbonyl (C=O) groups is 1. The topological polar surface area (TPSA) is 37.3 Å². The van der Waals surface area contributed by atoms with Gasteiger partial charge in [0.15, 0.2) is 5.78 Å². The molecular formula is C12H13ClO2. The molecule has 3 heteroatoms. The van der Waals surface area contributed by atoms with Crippen LogP contribution in [0, 0.1) is 0 Å². The van der Waals surface area contributed by atoms with Crippen LogP contribution in [0.3, 0.4) is 0 Å². The molecule has 0 spiro atoms. The lowest BCUT2D eigenvalue weighted by atomic mass is 10.1. The molecule has 1 N–H and O–H groups in total. The van der Waals surface area contributed by atoms with Crippen molar-refractivity contribution in [3.05, 3.63) is 40.9 Å². The molecule has 0 amide bonds. The van der Waals surface area contributed by atoms with E-state index in [4.69, 9.17) is 11.6 Å². The molecule has 2 nitrogen and oxygen atoms in total. The lowest BCUT2D eigenvalue weighted by Crippen LogP contribution is -1.93. The van der Waals surface area contributed by atoms with Crippen LogP contribution in [0.15, 0.2) is 30.3 Å². The van der Waals surface area contributed by atoms with Gasteiger partial charge in [0.2, 0.25) is 0 Å². The second-order valence-electron chi connectivity index (χ2n) is 3.25. The Morgan fingerprint density at radius 1 is 1.40 bits per heavy atom. The van der Waals surface area contributed by atoms with Gasteiger partial charge in [-0.15, -0.1) is 0 Å². The summed E-state index contributed by atoms with van der Waals surface area (Å²) in [6.07, 6.45) is 2.49. The van der Waals surface area contributed by atoms with E-state index in [1.807, 2.05) is 6.92 Å². The molecule has 1 rings (SSSR count). The molecule has 0 aliphatic carbocycles. The number of aliphatic hydroxyl groups is 1. The van der Waals surface area contributed by atoms with Gasteiger partial charge >= 0.3 is 0 Å². The highest BCUT2D eigenvalue weighted by Crippen LogP contribution is 2.15. The molecule has 0 aliphatic heterocycles. The van der Waals surface area contributed by atoms with Crippen LogP contribution in [0.5, 0.6) is 0 Å². The number of hydrogen-bond donors (Lipinski definition) is 1. The molecule has 0 atom stereocenters. The Morgan fingerprint density at radius 2 is 2.00 bits per heavy atom. The second-order valence-corrected chi connectivity index (χ2v) is 3.69. The minimum absolute atomic E-state index is 0.00915. The second kappa shape index (κ2) is 5.56. The molecule has 0 saturated heterocycles. The zero-order chi connectivity index (χ0) is 11.3. The van der Waals surface area contributed by atoms with Crippen molar-refractivity contribution in [2.45, 2.75) is 19.8 Å². The van der Waals surface area contributed by atoms with Gasteiger partial charge in [0.25, 0.3) is 0 Å². The van der Waals surface area contributed by atoms with Crippen molar-refractivity contribution in [1.29, 1.82) is 0 Å². The van der Waals surface area contributed by atoms with Crippen LogP contribution in [0.25, 0.3) is 5.76 Å². The molecule has 0 heterocycles. The normalized spacial score (nSPS) is 11.5. The average molecular weight is 225 g/mol. The molecule has 0 radical (unpaired) electrons. The van der Waals surface area contributed by atoms with Crippen molar-refractivity contribution in [1.82, 2.24) is 0 Å². The Kier molecular flexibility index (Phi) is 4.37. The Hall–Kier alpha value is -1.28. The predicted octanol–water partition coefficient (Wildman–Crippen LogP) is 3.61. The van der Waals surface area contributed by atoms with Crippen molar-refractivity contribution in [2.24, 2.45) is 0 Å². The molecule has 0 aliphatic rings. The van der Waals surface area contributed by atoms with Crippen LogP contribution in [0.4, 0.5) is 0 Å². The quantitative estimate of drug-likeness (QED) is 0.627. The van der Waals surface area contributed by atoms with Crippen LogP contribution >= 0.6 is 11.6 Å². The van der Waals surface area contributed by atoms with Crippen LogP contribution in [0.1, 0.15) is 25.3 Å². The first-order chi connectivity index (χ1) is 7.13. The fourth-order valence-corrected chi connectivity index (χ4v) is 1.30. The highest BCUT2D eigenvalue weighted by Gasteiger charge is 2.02. The van der Waals surface area contributed by atoms with Gasteiger partial charge in [-0.05, 0) is 30.7 Å². The zero-order valence-corrected chi connectivity index (χ0v) is 9.29. The number of hydrogen-bond acceptors (Lipinski definition) is 2. The van der Waals surface area contributed by atoms with Gasteiger partial charge in [-0.25, -0.2) is 0 Å². The Bertz CT molecular complexity index is 366. The fraction of sp³-hybridized carbons (Fsp3) is 0.250.